The highest BCUT2D eigenvalue weighted by Crippen LogP contribution is 1.78. The fraction of sp³-hybridized carbons (Fsp3) is 0.306. The second-order valence-corrected chi connectivity index (χ2v) is 10.6. The minimum absolute atomic E-state index is 1.50. The van der Waals surface area contributed by atoms with Crippen molar-refractivity contribution in [1.29, 1.82) is 0 Å². The Morgan fingerprint density at radius 1 is 0.0909 bits per heavy atom. The van der Waals surface area contributed by atoms with Gasteiger partial charge in [-0.1, -0.05) is 189 Å². The molecule has 0 amide bonds. The van der Waals surface area contributed by atoms with Crippen LogP contribution in [0.1, 0.15) is 152 Å². The minimum atomic E-state index is 1.50. The quantitative estimate of drug-likeness (QED) is 0.138. The monoisotopic (exact) mass is 1200 g/mol. The van der Waals surface area contributed by atoms with E-state index in [1.807, 2.05) is 262 Å². The first-order chi connectivity index (χ1) is 44.0. The first kappa shape index (κ1) is 103. The van der Waals surface area contributed by atoms with Crippen molar-refractivity contribution in [3.05, 3.63) is 307 Å². The van der Waals surface area contributed by atoms with Gasteiger partial charge in [0.15, 0.2) is 0 Å². The maximum absolute atomic E-state index is 3.78. The number of hydrogen-bond acceptors (Lipinski definition) is 16. The van der Waals surface area contributed by atoms with Gasteiger partial charge in [-0.05, 0) is 91.0 Å². The molecule has 16 heteroatoms. The van der Waals surface area contributed by atoms with Crippen LogP contribution in [0.3, 0.4) is 0 Å². The average Bonchev–Trinajstić information content (AvgIpc) is 3.71. The summed E-state index contributed by atoms with van der Waals surface area (Å²) in [6.45, 7) is 44.0. The molecule has 0 N–H and O–H groups in total. The molecule has 0 spiro atoms. The molecule has 11 rings (SSSR count). The van der Waals surface area contributed by atoms with E-state index >= 15 is 0 Å². The third kappa shape index (κ3) is 136. The topological polar surface area (TPSA) is 206 Å². The molecular formula is C72H116N16. The summed E-state index contributed by atoms with van der Waals surface area (Å²) in [5, 5.41) is 0. The highest BCUT2D eigenvalue weighted by molar-refractivity contribution is 4.91. The molecule has 11 aromatic heterocycles. The van der Waals surface area contributed by atoms with Crippen LogP contribution in [0, 0.1) is 0 Å². The zero-order valence-corrected chi connectivity index (χ0v) is 58.0. The summed E-state index contributed by atoms with van der Waals surface area (Å²) in [6, 6.07) is 39.6. The van der Waals surface area contributed by atoms with E-state index in [0.29, 0.717) is 0 Å². The smallest absolute Gasteiger partial charge is 0.115 e. The SMILES string of the molecule is CC.CC.CC.CC.CC.CC.CC.CC.CC.CC.CC.c1ccncc1.c1ccncc1.c1ccncc1.c1ccncc1.c1ccncc1.c1ccncc1.c1cnccn1.c1cnccn1.c1cncnc1.c1cncnc1.c1cncnc1. The van der Waals surface area contributed by atoms with Crippen molar-refractivity contribution in [2.45, 2.75) is 152 Å². The van der Waals surface area contributed by atoms with Crippen molar-refractivity contribution in [2.75, 3.05) is 0 Å². The number of aromatic nitrogens is 16. The zero-order valence-electron chi connectivity index (χ0n) is 58.0. The Balaban J connectivity index is -0.0000000798. The van der Waals surface area contributed by atoms with Gasteiger partial charge in [-0.25, -0.2) is 29.9 Å². The lowest BCUT2D eigenvalue weighted by Gasteiger charge is -1.70. The van der Waals surface area contributed by atoms with Crippen LogP contribution in [0.2, 0.25) is 0 Å². The summed E-state index contributed by atoms with van der Waals surface area (Å²) in [7, 11) is 0. The summed E-state index contributed by atoms with van der Waals surface area (Å²) in [5.74, 6) is 0. The van der Waals surface area contributed by atoms with Gasteiger partial charge >= 0.3 is 0 Å². The van der Waals surface area contributed by atoms with Gasteiger partial charge in [-0.3, -0.25) is 49.8 Å². The molecule has 88 heavy (non-hydrogen) atoms. The summed E-state index contributed by atoms with van der Waals surface area (Å²) in [5.41, 5.74) is 0. The number of rotatable bonds is 0. The number of hydrogen-bond donors (Lipinski definition) is 0. The Morgan fingerprint density at radius 3 is 0.216 bits per heavy atom. The van der Waals surface area contributed by atoms with E-state index in [1.165, 1.54) is 19.0 Å². The fourth-order valence-corrected chi connectivity index (χ4v) is 3.14. The Labute approximate surface area is 537 Å². The first-order valence-corrected chi connectivity index (χ1v) is 30.6. The molecule has 0 aliphatic carbocycles. The number of nitrogens with zero attached hydrogens (tertiary/aromatic N) is 16. The molecule has 0 unspecified atom stereocenters. The van der Waals surface area contributed by atoms with E-state index in [9.17, 15) is 0 Å². The van der Waals surface area contributed by atoms with E-state index in [2.05, 4.69) is 79.7 Å². The van der Waals surface area contributed by atoms with Crippen LogP contribution in [-0.4, -0.2) is 79.7 Å². The largest absolute Gasteiger partial charge is 0.265 e. The highest BCUT2D eigenvalue weighted by atomic mass is 14.8. The fourth-order valence-electron chi connectivity index (χ4n) is 3.14. The lowest BCUT2D eigenvalue weighted by atomic mass is 10.5. The van der Waals surface area contributed by atoms with Crippen molar-refractivity contribution in [3.63, 3.8) is 0 Å². The zero-order chi connectivity index (χ0) is 68.7. The Hall–Kier alpha value is -9.70. The number of pyridine rings is 6. The second-order valence-electron chi connectivity index (χ2n) is 10.6. The summed E-state index contributed by atoms with van der Waals surface area (Å²) >= 11 is 0. The minimum Gasteiger partial charge on any atom is -0.265 e. The third-order valence-electron chi connectivity index (χ3n) is 5.79. The van der Waals surface area contributed by atoms with Crippen LogP contribution < -0.4 is 0 Å². The van der Waals surface area contributed by atoms with Crippen LogP contribution >= 0.6 is 0 Å². The predicted molar refractivity (Wildman–Crippen MR) is 380 cm³/mol. The molecule has 16 nitrogen and oxygen atoms in total. The molecule has 0 aliphatic heterocycles. The predicted octanol–water partition coefficient (Wildman–Crippen LogP) is 20.2. The van der Waals surface area contributed by atoms with Crippen molar-refractivity contribution in [3.8, 4) is 0 Å². The van der Waals surface area contributed by atoms with Crippen molar-refractivity contribution >= 4 is 0 Å². The normalized spacial score (nSPS) is 6.75. The van der Waals surface area contributed by atoms with Crippen molar-refractivity contribution in [2.24, 2.45) is 0 Å². The average molecular weight is 1210 g/mol. The van der Waals surface area contributed by atoms with Crippen LogP contribution in [0.25, 0.3) is 0 Å². The van der Waals surface area contributed by atoms with Crippen LogP contribution in [0.5, 0.6) is 0 Å². The molecule has 11 aromatic rings. The lowest BCUT2D eigenvalue weighted by Crippen LogP contribution is -1.66. The molecule has 0 aromatic carbocycles. The summed E-state index contributed by atoms with van der Waals surface area (Å²) in [6.07, 6.45) is 48.7. The Morgan fingerprint density at radius 2 is 0.182 bits per heavy atom. The van der Waals surface area contributed by atoms with E-state index < -0.39 is 0 Å². The second kappa shape index (κ2) is 142. The molecular weight excluding hydrogens is 1090 g/mol. The molecule has 0 bridgehead atoms. The van der Waals surface area contributed by atoms with Gasteiger partial charge in [0.05, 0.1) is 0 Å². The molecule has 0 saturated heterocycles. The first-order valence-electron chi connectivity index (χ1n) is 30.6. The Kier molecular flexibility index (Phi) is 167. The van der Waals surface area contributed by atoms with Gasteiger partial charge in [0.2, 0.25) is 0 Å². The standard InChI is InChI=1S/6C5H5N.5C4H4N2.11C2H6/c6*1-2-4-6-5-3-1;2*1-2-6-4-3-5-1;3*1-2-5-4-6-3-1;11*1-2/h6*1-5H;5*1-4H;11*1-2H3. The van der Waals surface area contributed by atoms with E-state index in [-0.39, 0.29) is 0 Å². The van der Waals surface area contributed by atoms with Crippen LogP contribution in [0.4, 0.5) is 0 Å². The lowest BCUT2D eigenvalue weighted by molar-refractivity contribution is 1.17. The molecule has 0 fully saturated rings. The third-order valence-corrected chi connectivity index (χ3v) is 5.79. The molecule has 0 aliphatic rings. The molecule has 0 atom stereocenters. The van der Waals surface area contributed by atoms with E-state index in [1.54, 1.807) is 179 Å². The highest BCUT2D eigenvalue weighted by Gasteiger charge is 1.65. The maximum Gasteiger partial charge on any atom is 0.115 e. The van der Waals surface area contributed by atoms with Gasteiger partial charge in [0.25, 0.3) is 0 Å². The molecule has 11 heterocycles. The summed E-state index contributed by atoms with van der Waals surface area (Å²) in [4.78, 5) is 59.6. The van der Waals surface area contributed by atoms with Gasteiger partial charge < -0.3 is 0 Å². The van der Waals surface area contributed by atoms with E-state index in [4.69, 9.17) is 0 Å². The van der Waals surface area contributed by atoms with Gasteiger partial charge in [-0.15, -0.1) is 0 Å². The molecule has 0 saturated carbocycles. The van der Waals surface area contributed by atoms with Gasteiger partial charge in [-0.2, -0.15) is 0 Å². The van der Waals surface area contributed by atoms with Gasteiger partial charge in [0.1, 0.15) is 19.0 Å². The van der Waals surface area contributed by atoms with Gasteiger partial charge in [0, 0.05) is 161 Å². The van der Waals surface area contributed by atoms with Crippen molar-refractivity contribution in [1.82, 2.24) is 79.7 Å². The van der Waals surface area contributed by atoms with Crippen molar-refractivity contribution < 1.29 is 0 Å². The van der Waals surface area contributed by atoms with Crippen LogP contribution in [-0.2, 0) is 0 Å². The molecule has 484 valence electrons. The van der Waals surface area contributed by atoms with E-state index in [0.717, 1.165) is 0 Å². The Bertz CT molecular complexity index is 1450. The molecule has 0 radical (unpaired) electrons. The maximum atomic E-state index is 3.78. The van der Waals surface area contributed by atoms with Crippen LogP contribution in [0.15, 0.2) is 307 Å². The summed E-state index contributed by atoms with van der Waals surface area (Å²) < 4.78 is 0.